The molecule has 0 radical (unpaired) electrons. The van der Waals surface area contributed by atoms with E-state index in [2.05, 4.69) is 30.6 Å². The van der Waals surface area contributed by atoms with Gasteiger partial charge in [-0.05, 0) is 19.5 Å². The highest BCUT2D eigenvalue weighted by Gasteiger charge is 2.26. The van der Waals surface area contributed by atoms with Crippen LogP contribution < -0.4 is 0 Å². The van der Waals surface area contributed by atoms with Crippen molar-refractivity contribution in [1.82, 2.24) is 9.80 Å². The summed E-state index contributed by atoms with van der Waals surface area (Å²) in [5, 5.41) is 0. The predicted octanol–water partition coefficient (Wildman–Crippen LogP) is 4.95. The lowest BCUT2D eigenvalue weighted by Gasteiger charge is -2.31. The van der Waals surface area contributed by atoms with E-state index in [9.17, 15) is 4.79 Å². The topological polar surface area (TPSA) is 23.6 Å². The molecule has 3 nitrogen and oxygen atoms in total. The zero-order valence-corrected chi connectivity index (χ0v) is 16.8. The van der Waals surface area contributed by atoms with E-state index in [1.807, 2.05) is 20.8 Å². The standard InChI is InChI=1S/C20H42N2O/c1-7-10-11-12-13-14-15-16-22(19(23)20(4,5)6)18-17-21(8-2)9-3/h7-18H2,1-6H3. The number of hydrogen-bond acceptors (Lipinski definition) is 2. The zero-order chi connectivity index (χ0) is 17.7. The molecule has 0 aliphatic rings. The Balaban J connectivity index is 4.25. The highest BCUT2D eigenvalue weighted by Crippen LogP contribution is 2.18. The summed E-state index contributed by atoms with van der Waals surface area (Å²) in [4.78, 5) is 17.2. The Kier molecular flexibility index (Phi) is 12.5. The third-order valence-electron chi connectivity index (χ3n) is 4.54. The summed E-state index contributed by atoms with van der Waals surface area (Å²) in [6.45, 7) is 17.6. The molecule has 1 amide bonds. The van der Waals surface area contributed by atoms with Crippen molar-refractivity contribution in [3.63, 3.8) is 0 Å². The number of nitrogens with zero attached hydrogens (tertiary/aromatic N) is 2. The van der Waals surface area contributed by atoms with Gasteiger partial charge in [0.05, 0.1) is 0 Å². The van der Waals surface area contributed by atoms with Gasteiger partial charge in [-0.25, -0.2) is 0 Å². The molecule has 0 saturated heterocycles. The van der Waals surface area contributed by atoms with E-state index in [4.69, 9.17) is 0 Å². The van der Waals surface area contributed by atoms with Crippen molar-refractivity contribution in [1.29, 1.82) is 0 Å². The van der Waals surface area contributed by atoms with Crippen LogP contribution >= 0.6 is 0 Å². The molecule has 0 aromatic carbocycles. The number of likely N-dealkylation sites (N-methyl/N-ethyl adjacent to an activating group) is 1. The van der Waals surface area contributed by atoms with Gasteiger partial charge in [-0.2, -0.15) is 0 Å². The van der Waals surface area contributed by atoms with Crippen LogP contribution in [0.1, 0.15) is 86.5 Å². The summed E-state index contributed by atoms with van der Waals surface area (Å²) < 4.78 is 0. The third kappa shape index (κ3) is 10.8. The highest BCUT2D eigenvalue weighted by atomic mass is 16.2. The van der Waals surface area contributed by atoms with E-state index in [1.54, 1.807) is 0 Å². The molecule has 0 spiro atoms. The van der Waals surface area contributed by atoms with Crippen LogP contribution in [0.4, 0.5) is 0 Å². The minimum atomic E-state index is -0.273. The van der Waals surface area contributed by atoms with Crippen molar-refractivity contribution >= 4 is 5.91 Å². The molecule has 0 unspecified atom stereocenters. The van der Waals surface area contributed by atoms with E-state index < -0.39 is 0 Å². The summed E-state index contributed by atoms with van der Waals surface area (Å²) in [5.41, 5.74) is -0.273. The van der Waals surface area contributed by atoms with E-state index in [-0.39, 0.29) is 5.41 Å². The van der Waals surface area contributed by atoms with Crippen LogP contribution in [0.15, 0.2) is 0 Å². The Morgan fingerprint density at radius 3 is 1.74 bits per heavy atom. The Bertz CT molecular complexity index is 293. The maximum absolute atomic E-state index is 12.7. The largest absolute Gasteiger partial charge is 0.341 e. The predicted molar refractivity (Wildman–Crippen MR) is 102 cm³/mol. The summed E-state index contributed by atoms with van der Waals surface area (Å²) in [6, 6.07) is 0. The van der Waals surface area contributed by atoms with Crippen LogP contribution in [0.2, 0.25) is 0 Å². The number of hydrogen-bond donors (Lipinski definition) is 0. The van der Waals surface area contributed by atoms with E-state index >= 15 is 0 Å². The number of amides is 1. The molecule has 0 rings (SSSR count). The van der Waals surface area contributed by atoms with Crippen LogP contribution in [-0.2, 0) is 4.79 Å². The van der Waals surface area contributed by atoms with Crippen molar-refractivity contribution in [2.75, 3.05) is 32.7 Å². The molecule has 0 aliphatic carbocycles. The lowest BCUT2D eigenvalue weighted by molar-refractivity contribution is -0.139. The molecule has 3 heteroatoms. The molecule has 0 aliphatic heterocycles. The SMILES string of the molecule is CCCCCCCCCN(CCN(CC)CC)C(=O)C(C)(C)C. The molecule has 23 heavy (non-hydrogen) atoms. The van der Waals surface area contributed by atoms with Crippen molar-refractivity contribution in [2.24, 2.45) is 5.41 Å². The molecule has 0 fully saturated rings. The number of unbranched alkanes of at least 4 members (excludes halogenated alkanes) is 6. The fraction of sp³-hybridized carbons (Fsp3) is 0.950. The Labute approximate surface area is 145 Å². The first kappa shape index (κ1) is 22.4. The first-order chi connectivity index (χ1) is 10.9. The van der Waals surface area contributed by atoms with E-state index in [1.165, 1.54) is 38.5 Å². The number of rotatable bonds is 13. The molecule has 138 valence electrons. The smallest absolute Gasteiger partial charge is 0.227 e. The molecule has 0 bridgehead atoms. The van der Waals surface area contributed by atoms with Gasteiger partial charge in [0.25, 0.3) is 0 Å². The van der Waals surface area contributed by atoms with Crippen LogP contribution in [0.3, 0.4) is 0 Å². The normalized spacial score (nSPS) is 12.0. The zero-order valence-electron chi connectivity index (χ0n) is 16.8. The second-order valence-corrected chi connectivity index (χ2v) is 7.69. The van der Waals surface area contributed by atoms with Crippen molar-refractivity contribution < 1.29 is 4.79 Å². The van der Waals surface area contributed by atoms with Crippen molar-refractivity contribution in [3.8, 4) is 0 Å². The molecule has 0 atom stereocenters. The Morgan fingerprint density at radius 1 is 0.739 bits per heavy atom. The summed E-state index contributed by atoms with van der Waals surface area (Å²) in [5.74, 6) is 0.302. The average Bonchev–Trinajstić information content (AvgIpc) is 2.51. The second-order valence-electron chi connectivity index (χ2n) is 7.69. The van der Waals surface area contributed by atoms with Crippen LogP contribution in [0.25, 0.3) is 0 Å². The lowest BCUT2D eigenvalue weighted by Crippen LogP contribution is -2.44. The van der Waals surface area contributed by atoms with Crippen molar-refractivity contribution in [3.05, 3.63) is 0 Å². The lowest BCUT2D eigenvalue weighted by atomic mass is 9.94. The van der Waals surface area contributed by atoms with Crippen molar-refractivity contribution in [2.45, 2.75) is 86.5 Å². The minimum absolute atomic E-state index is 0.273. The maximum atomic E-state index is 12.7. The average molecular weight is 327 g/mol. The monoisotopic (exact) mass is 326 g/mol. The molecular formula is C20H42N2O. The maximum Gasteiger partial charge on any atom is 0.227 e. The van der Waals surface area contributed by atoms with Gasteiger partial charge in [0.1, 0.15) is 0 Å². The fourth-order valence-electron chi connectivity index (χ4n) is 2.85. The van der Waals surface area contributed by atoms with Crippen LogP contribution in [0.5, 0.6) is 0 Å². The third-order valence-corrected chi connectivity index (χ3v) is 4.54. The van der Waals surface area contributed by atoms with Gasteiger partial charge in [0, 0.05) is 25.0 Å². The quantitative estimate of drug-likeness (QED) is 0.447. The minimum Gasteiger partial charge on any atom is -0.341 e. The summed E-state index contributed by atoms with van der Waals surface area (Å²) in [7, 11) is 0. The van der Waals surface area contributed by atoms with Gasteiger partial charge in [-0.15, -0.1) is 0 Å². The molecule has 0 heterocycles. The van der Waals surface area contributed by atoms with Gasteiger partial charge < -0.3 is 9.80 Å². The molecule has 0 saturated carbocycles. The Morgan fingerprint density at radius 2 is 1.26 bits per heavy atom. The van der Waals surface area contributed by atoms with Gasteiger partial charge in [-0.3, -0.25) is 4.79 Å². The highest BCUT2D eigenvalue weighted by molar-refractivity contribution is 5.81. The molecule has 0 aromatic rings. The Hall–Kier alpha value is -0.570. The molecule has 0 aromatic heterocycles. The summed E-state index contributed by atoms with van der Waals surface area (Å²) in [6.07, 6.45) is 9.09. The fourth-order valence-corrected chi connectivity index (χ4v) is 2.85. The second kappa shape index (κ2) is 12.8. The first-order valence-electron chi connectivity index (χ1n) is 9.88. The van der Waals surface area contributed by atoms with Gasteiger partial charge in [0.2, 0.25) is 5.91 Å². The first-order valence-corrected chi connectivity index (χ1v) is 9.88. The number of carbonyl (C=O) groups excluding carboxylic acids is 1. The van der Waals surface area contributed by atoms with Crippen LogP contribution in [-0.4, -0.2) is 48.4 Å². The molecule has 0 N–H and O–H groups in total. The number of carbonyl (C=O) groups is 1. The molecular weight excluding hydrogens is 284 g/mol. The van der Waals surface area contributed by atoms with E-state index in [0.29, 0.717) is 5.91 Å². The van der Waals surface area contributed by atoms with E-state index in [0.717, 1.165) is 39.1 Å². The summed E-state index contributed by atoms with van der Waals surface area (Å²) >= 11 is 0. The van der Waals surface area contributed by atoms with Crippen LogP contribution in [0, 0.1) is 5.41 Å². The van der Waals surface area contributed by atoms with Gasteiger partial charge in [0.15, 0.2) is 0 Å². The van der Waals surface area contributed by atoms with Gasteiger partial charge >= 0.3 is 0 Å². The van der Waals surface area contributed by atoms with Gasteiger partial charge in [-0.1, -0.05) is 80.1 Å².